The lowest BCUT2D eigenvalue weighted by atomic mass is 9.96. The van der Waals surface area contributed by atoms with Crippen molar-refractivity contribution in [3.63, 3.8) is 0 Å². The predicted molar refractivity (Wildman–Crippen MR) is 86.4 cm³/mol. The Morgan fingerprint density at radius 2 is 1.86 bits per heavy atom. The molecule has 0 aliphatic rings. The van der Waals surface area contributed by atoms with Crippen molar-refractivity contribution in [2.45, 2.75) is 19.9 Å². The van der Waals surface area contributed by atoms with Gasteiger partial charge in [0.25, 0.3) is 0 Å². The minimum Gasteiger partial charge on any atom is -0.496 e. The molecule has 2 aromatic rings. The maximum Gasteiger partial charge on any atom is 0.125 e. The Hall–Kier alpha value is -1.71. The lowest BCUT2D eigenvalue weighted by Gasteiger charge is -2.20. The van der Waals surface area contributed by atoms with Crippen LogP contribution in [0.5, 0.6) is 11.5 Å². The molecule has 1 atom stereocenters. The molecule has 0 bridgehead atoms. The monoisotopic (exact) mass is 305 g/mol. The molecule has 2 rings (SSSR count). The van der Waals surface area contributed by atoms with Gasteiger partial charge in [0.15, 0.2) is 0 Å². The molecule has 0 aliphatic heterocycles. The minimum atomic E-state index is -0.335. The summed E-state index contributed by atoms with van der Waals surface area (Å²) in [5.41, 5.74) is 9.40. The van der Waals surface area contributed by atoms with E-state index in [2.05, 4.69) is 0 Å². The summed E-state index contributed by atoms with van der Waals surface area (Å²) >= 11 is 6.01. The fraction of sp³-hybridized carbons (Fsp3) is 0.294. The average Bonchev–Trinajstić information content (AvgIpc) is 2.48. The molecule has 2 N–H and O–H groups in total. The molecule has 0 spiro atoms. The quantitative estimate of drug-likeness (QED) is 0.904. The van der Waals surface area contributed by atoms with Crippen molar-refractivity contribution in [3.8, 4) is 11.5 Å². The molecule has 21 heavy (non-hydrogen) atoms. The molecule has 0 saturated carbocycles. The second-order valence-corrected chi connectivity index (χ2v) is 5.27. The van der Waals surface area contributed by atoms with Crippen LogP contribution in [0, 0.1) is 6.92 Å². The number of nitrogens with two attached hydrogens (primary N) is 1. The van der Waals surface area contributed by atoms with Gasteiger partial charge in [-0.25, -0.2) is 0 Å². The first-order valence-corrected chi connectivity index (χ1v) is 7.27. The topological polar surface area (TPSA) is 44.5 Å². The van der Waals surface area contributed by atoms with Gasteiger partial charge in [-0.1, -0.05) is 35.4 Å². The molecule has 3 nitrogen and oxygen atoms in total. The maximum atomic E-state index is 6.44. The number of halogens is 1. The highest BCUT2D eigenvalue weighted by molar-refractivity contribution is 6.30. The highest BCUT2D eigenvalue weighted by atomic mass is 35.5. The molecule has 4 heteroatoms. The zero-order chi connectivity index (χ0) is 15.4. The van der Waals surface area contributed by atoms with E-state index in [0.29, 0.717) is 17.4 Å². The summed E-state index contributed by atoms with van der Waals surface area (Å²) in [6, 6.07) is 11.2. The van der Waals surface area contributed by atoms with Crippen LogP contribution in [0.3, 0.4) is 0 Å². The Morgan fingerprint density at radius 1 is 1.10 bits per heavy atom. The first kappa shape index (κ1) is 15.7. The number of rotatable bonds is 5. The van der Waals surface area contributed by atoms with Crippen LogP contribution in [0.15, 0.2) is 36.4 Å². The summed E-state index contributed by atoms with van der Waals surface area (Å²) in [6.45, 7) is 4.59. The van der Waals surface area contributed by atoms with E-state index in [-0.39, 0.29) is 6.04 Å². The lowest BCUT2D eigenvalue weighted by Crippen LogP contribution is -2.15. The van der Waals surface area contributed by atoms with Gasteiger partial charge < -0.3 is 15.2 Å². The highest BCUT2D eigenvalue weighted by Gasteiger charge is 2.18. The van der Waals surface area contributed by atoms with Gasteiger partial charge in [0.05, 0.1) is 19.8 Å². The summed E-state index contributed by atoms with van der Waals surface area (Å²) in [7, 11) is 1.61. The van der Waals surface area contributed by atoms with E-state index in [1.807, 2.05) is 44.2 Å². The molecule has 0 saturated heterocycles. The van der Waals surface area contributed by atoms with Crippen molar-refractivity contribution in [1.29, 1.82) is 0 Å². The second kappa shape index (κ2) is 6.83. The standard InChI is InChI=1S/C17H20ClNO2/c1-4-21-15-8-5-11(2)9-14(15)17(19)13-7-6-12(18)10-16(13)20-3/h5-10,17H,4,19H2,1-3H3. The number of ether oxygens (including phenoxy) is 2. The van der Waals surface area contributed by atoms with Crippen LogP contribution in [0.25, 0.3) is 0 Å². The Bertz CT molecular complexity index is 628. The Kier molecular flexibility index (Phi) is 5.10. The first-order valence-electron chi connectivity index (χ1n) is 6.89. The molecule has 0 radical (unpaired) electrons. The number of benzene rings is 2. The zero-order valence-corrected chi connectivity index (χ0v) is 13.3. The summed E-state index contributed by atoms with van der Waals surface area (Å²) in [5.74, 6) is 1.48. The molecule has 0 fully saturated rings. The molecule has 0 amide bonds. The minimum absolute atomic E-state index is 0.335. The summed E-state index contributed by atoms with van der Waals surface area (Å²) in [6.07, 6.45) is 0. The van der Waals surface area contributed by atoms with E-state index in [1.165, 1.54) is 0 Å². The molecule has 112 valence electrons. The van der Waals surface area contributed by atoms with E-state index in [4.69, 9.17) is 26.8 Å². The van der Waals surface area contributed by atoms with Crippen LogP contribution >= 0.6 is 11.6 Å². The van der Waals surface area contributed by atoms with Crippen molar-refractivity contribution in [2.24, 2.45) is 5.73 Å². The SMILES string of the molecule is CCOc1ccc(C)cc1C(N)c1ccc(Cl)cc1OC. The smallest absolute Gasteiger partial charge is 0.125 e. The van der Waals surface area contributed by atoms with Gasteiger partial charge in [-0.15, -0.1) is 0 Å². The van der Waals surface area contributed by atoms with Gasteiger partial charge in [-0.3, -0.25) is 0 Å². The van der Waals surface area contributed by atoms with E-state index < -0.39 is 0 Å². The van der Waals surface area contributed by atoms with Crippen LogP contribution in [0.1, 0.15) is 29.7 Å². The third kappa shape index (κ3) is 3.49. The Balaban J connectivity index is 2.48. The first-order chi connectivity index (χ1) is 10.1. The molecular weight excluding hydrogens is 286 g/mol. The molecule has 1 unspecified atom stereocenters. The van der Waals surface area contributed by atoms with Gasteiger partial charge in [-0.05, 0) is 32.0 Å². The van der Waals surface area contributed by atoms with Gasteiger partial charge in [0.1, 0.15) is 11.5 Å². The van der Waals surface area contributed by atoms with Crippen molar-refractivity contribution >= 4 is 11.6 Å². The number of methoxy groups -OCH3 is 1. The van der Waals surface area contributed by atoms with Gasteiger partial charge in [0.2, 0.25) is 0 Å². The largest absolute Gasteiger partial charge is 0.496 e. The maximum absolute atomic E-state index is 6.44. The number of aryl methyl sites for hydroxylation is 1. The van der Waals surface area contributed by atoms with Crippen LogP contribution in [0.2, 0.25) is 5.02 Å². The fourth-order valence-electron chi connectivity index (χ4n) is 2.31. The fourth-order valence-corrected chi connectivity index (χ4v) is 2.47. The average molecular weight is 306 g/mol. The number of hydrogen-bond donors (Lipinski definition) is 1. The van der Waals surface area contributed by atoms with Crippen LogP contribution in [-0.2, 0) is 0 Å². The van der Waals surface area contributed by atoms with E-state index in [0.717, 1.165) is 22.4 Å². The van der Waals surface area contributed by atoms with Crippen molar-refractivity contribution < 1.29 is 9.47 Å². The van der Waals surface area contributed by atoms with Gasteiger partial charge in [0, 0.05) is 16.1 Å². The highest BCUT2D eigenvalue weighted by Crippen LogP contribution is 2.35. The van der Waals surface area contributed by atoms with Crippen molar-refractivity contribution in [3.05, 3.63) is 58.1 Å². The molecule has 0 aliphatic carbocycles. The summed E-state index contributed by atoms with van der Waals surface area (Å²) < 4.78 is 11.1. The van der Waals surface area contributed by atoms with Crippen LogP contribution in [-0.4, -0.2) is 13.7 Å². The van der Waals surface area contributed by atoms with E-state index >= 15 is 0 Å². The molecule has 2 aromatic carbocycles. The number of hydrogen-bond acceptors (Lipinski definition) is 3. The lowest BCUT2D eigenvalue weighted by molar-refractivity contribution is 0.335. The molecular formula is C17H20ClNO2. The van der Waals surface area contributed by atoms with Gasteiger partial charge >= 0.3 is 0 Å². The van der Waals surface area contributed by atoms with E-state index in [9.17, 15) is 0 Å². The summed E-state index contributed by atoms with van der Waals surface area (Å²) in [5, 5.41) is 0.622. The van der Waals surface area contributed by atoms with Crippen molar-refractivity contribution in [1.82, 2.24) is 0 Å². The summed E-state index contributed by atoms with van der Waals surface area (Å²) in [4.78, 5) is 0. The van der Waals surface area contributed by atoms with Gasteiger partial charge in [-0.2, -0.15) is 0 Å². The van der Waals surface area contributed by atoms with Crippen LogP contribution in [0.4, 0.5) is 0 Å². The van der Waals surface area contributed by atoms with Crippen molar-refractivity contribution in [2.75, 3.05) is 13.7 Å². The Morgan fingerprint density at radius 3 is 2.52 bits per heavy atom. The normalized spacial score (nSPS) is 12.0. The zero-order valence-electron chi connectivity index (χ0n) is 12.5. The molecule has 0 aromatic heterocycles. The van der Waals surface area contributed by atoms with E-state index in [1.54, 1.807) is 13.2 Å². The molecule has 0 heterocycles. The van der Waals surface area contributed by atoms with Crippen LogP contribution < -0.4 is 15.2 Å². The second-order valence-electron chi connectivity index (χ2n) is 4.84. The predicted octanol–water partition coefficient (Wildman–Crippen LogP) is 4.10. The Labute approximate surface area is 130 Å². The third-order valence-electron chi connectivity index (χ3n) is 3.33. The third-order valence-corrected chi connectivity index (χ3v) is 3.57.